The van der Waals surface area contributed by atoms with Gasteiger partial charge in [-0.2, -0.15) is 4.31 Å². The molecule has 0 radical (unpaired) electrons. The second-order valence-corrected chi connectivity index (χ2v) is 10.2. The van der Waals surface area contributed by atoms with E-state index < -0.39 is 10.0 Å². The molecule has 2 aromatic rings. The summed E-state index contributed by atoms with van der Waals surface area (Å²) in [4.78, 5) is 19.3. The molecule has 0 spiro atoms. The number of piperidine rings is 1. The zero-order valence-electron chi connectivity index (χ0n) is 17.8. The minimum Gasteiger partial charge on any atom is -0.370 e. The maximum Gasteiger partial charge on any atom is 0.243 e. The summed E-state index contributed by atoms with van der Waals surface area (Å²) in [6, 6.07) is 10.7. The Morgan fingerprint density at radius 1 is 0.903 bits per heavy atom. The Balaban J connectivity index is 1.28. The van der Waals surface area contributed by atoms with Crippen LogP contribution in [0, 0.1) is 0 Å². The largest absolute Gasteiger partial charge is 0.370 e. The molecule has 1 aromatic carbocycles. The van der Waals surface area contributed by atoms with Gasteiger partial charge in [0.15, 0.2) is 0 Å². The molecular weight excluding hydrogens is 412 g/mol. The van der Waals surface area contributed by atoms with Gasteiger partial charge >= 0.3 is 0 Å². The molecule has 1 amide bonds. The number of rotatable bonds is 7. The molecular formula is C23H30N4O3S. The summed E-state index contributed by atoms with van der Waals surface area (Å²) >= 11 is 0. The molecule has 0 unspecified atom stereocenters. The number of amides is 1. The summed E-state index contributed by atoms with van der Waals surface area (Å²) in [5.41, 5.74) is 2.03. The molecule has 0 atom stereocenters. The summed E-state index contributed by atoms with van der Waals surface area (Å²) in [6.07, 6.45) is 8.01. The van der Waals surface area contributed by atoms with Crippen LogP contribution in [-0.4, -0.2) is 49.8 Å². The first kappa shape index (κ1) is 21.8. The highest BCUT2D eigenvalue weighted by atomic mass is 32.2. The van der Waals surface area contributed by atoms with Crippen LogP contribution in [0.5, 0.6) is 0 Å². The molecule has 8 heteroatoms. The molecule has 0 bridgehead atoms. The van der Waals surface area contributed by atoms with E-state index in [2.05, 4.69) is 15.2 Å². The zero-order valence-corrected chi connectivity index (χ0v) is 18.6. The number of benzene rings is 1. The van der Waals surface area contributed by atoms with Gasteiger partial charge in [0.05, 0.1) is 16.8 Å². The van der Waals surface area contributed by atoms with E-state index in [-0.39, 0.29) is 5.91 Å². The van der Waals surface area contributed by atoms with E-state index in [0.29, 0.717) is 36.6 Å². The highest BCUT2D eigenvalue weighted by Crippen LogP contribution is 2.22. The van der Waals surface area contributed by atoms with Gasteiger partial charge in [-0.25, -0.2) is 13.4 Å². The van der Waals surface area contributed by atoms with Crippen molar-refractivity contribution >= 4 is 27.4 Å². The molecule has 0 aliphatic carbocycles. The predicted octanol–water partition coefficient (Wildman–Crippen LogP) is 3.43. The Kier molecular flexibility index (Phi) is 6.87. The molecule has 4 rings (SSSR count). The summed E-state index contributed by atoms with van der Waals surface area (Å²) in [5.74, 6) is 0.447. The van der Waals surface area contributed by atoms with E-state index in [9.17, 15) is 13.2 Å². The minimum absolute atomic E-state index is 0.105. The molecule has 2 saturated heterocycles. The maximum atomic E-state index is 12.7. The average molecular weight is 443 g/mol. The Bertz CT molecular complexity index is 978. The van der Waals surface area contributed by atoms with Crippen molar-refractivity contribution in [1.29, 1.82) is 0 Å². The molecule has 1 N–H and O–H groups in total. The third-order valence-corrected chi connectivity index (χ3v) is 7.92. The van der Waals surface area contributed by atoms with Crippen LogP contribution in [-0.2, 0) is 21.2 Å². The number of carbonyl (C=O) groups excluding carboxylic acids is 1. The number of pyridine rings is 1. The fraction of sp³-hybridized carbons (Fsp3) is 0.478. The number of carbonyl (C=O) groups is 1. The molecule has 2 aliphatic heterocycles. The Morgan fingerprint density at radius 3 is 2.23 bits per heavy atom. The maximum absolute atomic E-state index is 12.7. The fourth-order valence-electron chi connectivity index (χ4n) is 4.17. The van der Waals surface area contributed by atoms with Gasteiger partial charge in [0, 0.05) is 32.6 Å². The Morgan fingerprint density at radius 2 is 1.58 bits per heavy atom. The molecule has 2 aliphatic rings. The van der Waals surface area contributed by atoms with Crippen LogP contribution in [0.1, 0.15) is 44.1 Å². The van der Waals surface area contributed by atoms with Crippen molar-refractivity contribution in [3.05, 3.63) is 48.2 Å². The number of sulfonamides is 1. The number of nitrogens with one attached hydrogen (secondary N) is 1. The third-order valence-electron chi connectivity index (χ3n) is 6.00. The fourth-order valence-corrected chi connectivity index (χ4v) is 5.69. The number of nitrogens with zero attached hydrogens (tertiary/aromatic N) is 3. The number of hydrogen-bond donors (Lipinski definition) is 1. The summed E-state index contributed by atoms with van der Waals surface area (Å²) in [5, 5.41) is 2.84. The topological polar surface area (TPSA) is 82.6 Å². The summed E-state index contributed by atoms with van der Waals surface area (Å²) in [6.45, 7) is 3.31. The lowest BCUT2D eigenvalue weighted by atomic mass is 10.1. The standard InChI is InChI=1S/C23H30N4O3S/c28-23(25-22-12-9-20(18-24-22)26-14-4-5-15-26)13-8-19-6-10-21(11-7-19)31(29,30)27-16-2-1-3-17-27/h6-7,9-12,18H,1-5,8,13-17H2,(H,24,25,28). The van der Waals surface area contributed by atoms with Gasteiger partial charge in [-0.15, -0.1) is 0 Å². The smallest absolute Gasteiger partial charge is 0.243 e. The van der Waals surface area contributed by atoms with Gasteiger partial charge in [-0.3, -0.25) is 4.79 Å². The van der Waals surface area contributed by atoms with Gasteiger partial charge in [-0.05, 0) is 61.9 Å². The van der Waals surface area contributed by atoms with Crippen molar-refractivity contribution in [3.63, 3.8) is 0 Å². The van der Waals surface area contributed by atoms with E-state index in [1.807, 2.05) is 18.3 Å². The van der Waals surface area contributed by atoms with E-state index >= 15 is 0 Å². The van der Waals surface area contributed by atoms with Gasteiger partial charge in [0.25, 0.3) is 0 Å². The van der Waals surface area contributed by atoms with Crippen LogP contribution in [0.4, 0.5) is 11.5 Å². The lowest BCUT2D eigenvalue weighted by molar-refractivity contribution is -0.116. The minimum atomic E-state index is -3.42. The van der Waals surface area contributed by atoms with Gasteiger partial charge in [0.2, 0.25) is 15.9 Å². The summed E-state index contributed by atoms with van der Waals surface area (Å²) in [7, 11) is -3.42. The van der Waals surface area contributed by atoms with Gasteiger partial charge < -0.3 is 10.2 Å². The average Bonchev–Trinajstić information content (AvgIpc) is 3.34. The van der Waals surface area contributed by atoms with E-state index in [4.69, 9.17) is 0 Å². The van der Waals surface area contributed by atoms with Crippen LogP contribution in [0.15, 0.2) is 47.5 Å². The van der Waals surface area contributed by atoms with Crippen molar-refractivity contribution in [1.82, 2.24) is 9.29 Å². The van der Waals surface area contributed by atoms with E-state index in [0.717, 1.165) is 43.6 Å². The number of aryl methyl sites for hydroxylation is 1. The molecule has 1 aromatic heterocycles. The van der Waals surface area contributed by atoms with Crippen molar-refractivity contribution in [3.8, 4) is 0 Å². The molecule has 166 valence electrons. The molecule has 7 nitrogen and oxygen atoms in total. The first-order valence-electron chi connectivity index (χ1n) is 11.1. The molecule has 3 heterocycles. The van der Waals surface area contributed by atoms with Crippen LogP contribution in [0.2, 0.25) is 0 Å². The van der Waals surface area contributed by atoms with Crippen LogP contribution >= 0.6 is 0 Å². The van der Waals surface area contributed by atoms with Crippen molar-refractivity contribution < 1.29 is 13.2 Å². The van der Waals surface area contributed by atoms with E-state index in [1.54, 1.807) is 28.6 Å². The van der Waals surface area contributed by atoms with Gasteiger partial charge in [0.1, 0.15) is 5.82 Å². The van der Waals surface area contributed by atoms with Crippen LogP contribution in [0.3, 0.4) is 0 Å². The Labute approximate surface area is 184 Å². The normalized spacial score (nSPS) is 17.6. The van der Waals surface area contributed by atoms with Crippen molar-refractivity contribution in [2.75, 3.05) is 36.4 Å². The molecule has 0 saturated carbocycles. The Hall–Kier alpha value is -2.45. The quantitative estimate of drug-likeness (QED) is 0.710. The monoisotopic (exact) mass is 442 g/mol. The van der Waals surface area contributed by atoms with Crippen molar-refractivity contribution in [2.45, 2.75) is 49.8 Å². The summed E-state index contributed by atoms with van der Waals surface area (Å²) < 4.78 is 27.0. The molecule has 2 fully saturated rings. The lowest BCUT2D eigenvalue weighted by Gasteiger charge is -2.25. The van der Waals surface area contributed by atoms with E-state index in [1.165, 1.54) is 12.8 Å². The predicted molar refractivity (Wildman–Crippen MR) is 122 cm³/mol. The van der Waals surface area contributed by atoms with Crippen molar-refractivity contribution in [2.24, 2.45) is 0 Å². The SMILES string of the molecule is O=C(CCc1ccc(S(=O)(=O)N2CCCCC2)cc1)Nc1ccc(N2CCCC2)cn1. The van der Waals surface area contributed by atoms with Crippen LogP contribution < -0.4 is 10.2 Å². The molecule has 31 heavy (non-hydrogen) atoms. The number of aromatic nitrogens is 1. The second kappa shape index (κ2) is 9.78. The first-order valence-corrected chi connectivity index (χ1v) is 12.6. The van der Waals surface area contributed by atoms with Crippen LogP contribution in [0.25, 0.3) is 0 Å². The number of anilines is 2. The lowest BCUT2D eigenvalue weighted by Crippen LogP contribution is -2.35. The number of hydrogen-bond acceptors (Lipinski definition) is 5. The second-order valence-electron chi connectivity index (χ2n) is 8.25. The first-order chi connectivity index (χ1) is 15.0. The van der Waals surface area contributed by atoms with Gasteiger partial charge in [-0.1, -0.05) is 18.6 Å². The third kappa shape index (κ3) is 5.43. The highest BCUT2D eigenvalue weighted by molar-refractivity contribution is 7.89. The zero-order chi connectivity index (χ0) is 21.7. The highest BCUT2D eigenvalue weighted by Gasteiger charge is 2.25.